The number of rotatable bonds is 5. The highest BCUT2D eigenvalue weighted by Crippen LogP contribution is 2.30. The Labute approximate surface area is 135 Å². The number of hydrogen-bond donors (Lipinski definition) is 1. The van der Waals surface area contributed by atoms with Crippen LogP contribution in [0, 0.1) is 11.3 Å². The number of hydrogen-bond acceptors (Lipinski definition) is 4. The molecule has 0 spiro atoms. The van der Waals surface area contributed by atoms with Gasteiger partial charge in [0.2, 0.25) is 0 Å². The standard InChI is InChI=1S/C19H18N2O2/c1-13(21-12-15-6-3-5-14(9-15)11-20)18-10-16-7-4-8-17(22-2)19(16)23-18/h3-10,13,21H,12H2,1-2H3/t13-/m1/s1. The van der Waals surface area contributed by atoms with Crippen molar-refractivity contribution in [3.63, 3.8) is 0 Å². The molecule has 4 nitrogen and oxygen atoms in total. The number of fused-ring (bicyclic) bond motifs is 1. The summed E-state index contributed by atoms with van der Waals surface area (Å²) in [5.74, 6) is 1.60. The van der Waals surface area contributed by atoms with Gasteiger partial charge in [-0.1, -0.05) is 24.3 Å². The molecular formula is C19H18N2O2. The molecule has 0 aliphatic heterocycles. The molecule has 0 saturated carbocycles. The van der Waals surface area contributed by atoms with Gasteiger partial charge in [-0.2, -0.15) is 5.26 Å². The summed E-state index contributed by atoms with van der Waals surface area (Å²) in [6.45, 7) is 2.73. The molecule has 1 atom stereocenters. The highest BCUT2D eigenvalue weighted by Gasteiger charge is 2.13. The van der Waals surface area contributed by atoms with Gasteiger partial charge in [0.05, 0.1) is 24.8 Å². The van der Waals surface area contributed by atoms with E-state index in [2.05, 4.69) is 18.3 Å². The van der Waals surface area contributed by atoms with Crippen LogP contribution >= 0.6 is 0 Å². The van der Waals surface area contributed by atoms with Crippen molar-refractivity contribution in [3.05, 3.63) is 65.4 Å². The quantitative estimate of drug-likeness (QED) is 0.769. The van der Waals surface area contributed by atoms with Gasteiger partial charge in [-0.3, -0.25) is 0 Å². The SMILES string of the molecule is COc1cccc2cc([C@@H](C)NCc3cccc(C#N)c3)oc12. The lowest BCUT2D eigenvalue weighted by molar-refractivity contribution is 0.399. The average Bonchev–Trinajstić information content (AvgIpc) is 3.04. The van der Waals surface area contributed by atoms with Gasteiger partial charge in [-0.25, -0.2) is 0 Å². The Kier molecular flexibility index (Phi) is 4.31. The van der Waals surface area contributed by atoms with Crippen molar-refractivity contribution >= 4 is 11.0 Å². The first-order valence-electron chi connectivity index (χ1n) is 7.50. The highest BCUT2D eigenvalue weighted by molar-refractivity contribution is 5.83. The molecule has 0 radical (unpaired) electrons. The third-order valence-corrected chi connectivity index (χ3v) is 3.84. The fourth-order valence-electron chi connectivity index (χ4n) is 2.55. The number of ether oxygens (including phenoxy) is 1. The van der Waals surface area contributed by atoms with E-state index in [1.54, 1.807) is 13.2 Å². The number of nitriles is 1. The Morgan fingerprint density at radius 2 is 2.04 bits per heavy atom. The fourth-order valence-corrected chi connectivity index (χ4v) is 2.55. The lowest BCUT2D eigenvalue weighted by Crippen LogP contribution is -2.17. The van der Waals surface area contributed by atoms with Crippen LogP contribution in [0.5, 0.6) is 5.75 Å². The first-order valence-corrected chi connectivity index (χ1v) is 7.50. The zero-order chi connectivity index (χ0) is 16.2. The van der Waals surface area contributed by atoms with Gasteiger partial charge in [0.1, 0.15) is 5.76 Å². The van der Waals surface area contributed by atoms with Crippen LogP contribution in [-0.2, 0) is 6.54 Å². The monoisotopic (exact) mass is 306 g/mol. The Balaban J connectivity index is 1.75. The van der Waals surface area contributed by atoms with E-state index >= 15 is 0 Å². The van der Waals surface area contributed by atoms with E-state index in [0.717, 1.165) is 28.0 Å². The number of para-hydroxylation sites is 1. The second kappa shape index (κ2) is 6.55. The van der Waals surface area contributed by atoms with Gasteiger partial charge in [-0.05, 0) is 36.8 Å². The largest absolute Gasteiger partial charge is 0.493 e. The predicted octanol–water partition coefficient (Wildman–Crippen LogP) is 4.16. The maximum Gasteiger partial charge on any atom is 0.176 e. The third-order valence-electron chi connectivity index (χ3n) is 3.84. The summed E-state index contributed by atoms with van der Waals surface area (Å²) in [5.41, 5.74) is 2.51. The van der Waals surface area contributed by atoms with E-state index < -0.39 is 0 Å². The van der Waals surface area contributed by atoms with Crippen molar-refractivity contribution in [2.45, 2.75) is 19.5 Å². The molecule has 0 saturated heterocycles. The molecule has 0 unspecified atom stereocenters. The van der Waals surface area contributed by atoms with Crippen LogP contribution in [0.15, 0.2) is 52.9 Å². The number of methoxy groups -OCH3 is 1. The summed E-state index contributed by atoms with van der Waals surface area (Å²) >= 11 is 0. The Hall–Kier alpha value is -2.77. The van der Waals surface area contributed by atoms with E-state index in [4.69, 9.17) is 14.4 Å². The molecule has 1 aromatic heterocycles. The van der Waals surface area contributed by atoms with Crippen molar-refractivity contribution in [1.29, 1.82) is 5.26 Å². The van der Waals surface area contributed by atoms with Crippen molar-refractivity contribution in [2.75, 3.05) is 7.11 Å². The molecule has 3 aromatic rings. The minimum atomic E-state index is 0.0536. The summed E-state index contributed by atoms with van der Waals surface area (Å²) in [4.78, 5) is 0. The van der Waals surface area contributed by atoms with Gasteiger partial charge < -0.3 is 14.5 Å². The Bertz CT molecular complexity index is 861. The van der Waals surface area contributed by atoms with Crippen LogP contribution in [-0.4, -0.2) is 7.11 Å². The Morgan fingerprint density at radius 3 is 2.83 bits per heavy atom. The van der Waals surface area contributed by atoms with Crippen LogP contribution in [0.1, 0.15) is 29.9 Å². The van der Waals surface area contributed by atoms with E-state index in [0.29, 0.717) is 12.1 Å². The third kappa shape index (κ3) is 3.20. The maximum absolute atomic E-state index is 8.95. The Morgan fingerprint density at radius 1 is 1.22 bits per heavy atom. The second-order valence-electron chi connectivity index (χ2n) is 5.44. The van der Waals surface area contributed by atoms with Crippen LogP contribution in [0.4, 0.5) is 0 Å². The molecule has 0 aliphatic rings. The van der Waals surface area contributed by atoms with Gasteiger partial charge in [0, 0.05) is 11.9 Å². The summed E-state index contributed by atoms with van der Waals surface area (Å²) in [6.07, 6.45) is 0. The number of nitrogens with zero attached hydrogens (tertiary/aromatic N) is 1. The molecular weight excluding hydrogens is 288 g/mol. The van der Waals surface area contributed by atoms with Crippen molar-refractivity contribution in [2.24, 2.45) is 0 Å². The second-order valence-corrected chi connectivity index (χ2v) is 5.44. The van der Waals surface area contributed by atoms with Crippen LogP contribution in [0.25, 0.3) is 11.0 Å². The maximum atomic E-state index is 8.95. The van der Waals surface area contributed by atoms with Crippen LogP contribution < -0.4 is 10.1 Å². The van der Waals surface area contributed by atoms with Crippen molar-refractivity contribution in [1.82, 2.24) is 5.32 Å². The van der Waals surface area contributed by atoms with Crippen LogP contribution in [0.3, 0.4) is 0 Å². The first-order chi connectivity index (χ1) is 11.2. The topological polar surface area (TPSA) is 58.2 Å². The molecule has 116 valence electrons. The lowest BCUT2D eigenvalue weighted by atomic mass is 10.1. The van der Waals surface area contributed by atoms with Gasteiger partial charge >= 0.3 is 0 Å². The van der Waals surface area contributed by atoms with Crippen molar-refractivity contribution in [3.8, 4) is 11.8 Å². The molecule has 0 bridgehead atoms. The van der Waals surface area contributed by atoms with Crippen LogP contribution in [0.2, 0.25) is 0 Å². The molecule has 3 rings (SSSR count). The van der Waals surface area contributed by atoms with E-state index in [-0.39, 0.29) is 6.04 Å². The molecule has 1 heterocycles. The smallest absolute Gasteiger partial charge is 0.176 e. The number of nitrogens with one attached hydrogen (secondary N) is 1. The van der Waals surface area contributed by atoms with Gasteiger partial charge in [0.25, 0.3) is 0 Å². The number of furan rings is 1. The fraction of sp³-hybridized carbons (Fsp3) is 0.211. The average molecular weight is 306 g/mol. The lowest BCUT2D eigenvalue weighted by Gasteiger charge is -2.11. The number of benzene rings is 2. The molecule has 0 aliphatic carbocycles. The predicted molar refractivity (Wildman–Crippen MR) is 89.2 cm³/mol. The molecule has 1 N–H and O–H groups in total. The van der Waals surface area contributed by atoms with Gasteiger partial charge in [0.15, 0.2) is 11.3 Å². The van der Waals surface area contributed by atoms with Crippen molar-refractivity contribution < 1.29 is 9.15 Å². The molecule has 23 heavy (non-hydrogen) atoms. The van der Waals surface area contributed by atoms with Gasteiger partial charge in [-0.15, -0.1) is 0 Å². The summed E-state index contributed by atoms with van der Waals surface area (Å²) < 4.78 is 11.3. The summed E-state index contributed by atoms with van der Waals surface area (Å²) in [6, 6.07) is 17.7. The first kappa shape index (κ1) is 15.1. The minimum Gasteiger partial charge on any atom is -0.493 e. The molecule has 0 fully saturated rings. The van der Waals surface area contributed by atoms with E-state index in [9.17, 15) is 0 Å². The van der Waals surface area contributed by atoms with E-state index in [1.165, 1.54) is 0 Å². The highest BCUT2D eigenvalue weighted by atomic mass is 16.5. The summed E-state index contributed by atoms with van der Waals surface area (Å²) in [5, 5.41) is 13.4. The minimum absolute atomic E-state index is 0.0536. The molecule has 2 aromatic carbocycles. The summed E-state index contributed by atoms with van der Waals surface area (Å²) in [7, 11) is 1.64. The zero-order valence-corrected chi connectivity index (χ0v) is 13.2. The molecule has 0 amide bonds. The molecule has 4 heteroatoms. The normalized spacial score (nSPS) is 12.0. The zero-order valence-electron chi connectivity index (χ0n) is 13.2. The van der Waals surface area contributed by atoms with E-state index in [1.807, 2.05) is 42.5 Å².